The highest BCUT2D eigenvalue weighted by Crippen LogP contribution is 2.31. The van der Waals surface area contributed by atoms with Gasteiger partial charge in [-0.1, -0.05) is 19.1 Å². The lowest BCUT2D eigenvalue weighted by Gasteiger charge is -2.14. The first-order valence-corrected chi connectivity index (χ1v) is 5.60. The highest BCUT2D eigenvalue weighted by atomic mass is 19.1. The monoisotopic (exact) mass is 207 g/mol. The molecule has 15 heavy (non-hydrogen) atoms. The summed E-state index contributed by atoms with van der Waals surface area (Å²) in [5.74, 6) is 0.674. The third-order valence-corrected chi connectivity index (χ3v) is 3.27. The first kappa shape index (κ1) is 10.6. The molecule has 2 heteroatoms. The highest BCUT2D eigenvalue weighted by molar-refractivity contribution is 5.25. The molecule has 3 atom stereocenters. The second-order valence-corrected chi connectivity index (χ2v) is 4.72. The van der Waals surface area contributed by atoms with Crippen LogP contribution in [0.3, 0.4) is 0 Å². The van der Waals surface area contributed by atoms with E-state index in [1.807, 2.05) is 12.1 Å². The predicted molar refractivity (Wildman–Crippen MR) is 60.3 cm³/mol. The first-order valence-electron chi connectivity index (χ1n) is 5.60. The lowest BCUT2D eigenvalue weighted by Crippen LogP contribution is -2.22. The Morgan fingerprint density at radius 1 is 1.47 bits per heavy atom. The normalized spacial score (nSPS) is 26.4. The Hall–Kier alpha value is -0.890. The zero-order valence-corrected chi connectivity index (χ0v) is 9.55. The molecule has 0 spiro atoms. The summed E-state index contributed by atoms with van der Waals surface area (Å²) >= 11 is 0. The van der Waals surface area contributed by atoms with E-state index >= 15 is 0 Å². The fourth-order valence-corrected chi connectivity index (χ4v) is 1.85. The van der Waals surface area contributed by atoms with E-state index in [2.05, 4.69) is 19.2 Å². The molecule has 0 aliphatic heterocycles. The standard InChI is InChI=1S/C13H18FN/c1-8-4-5-11(7-12(8)14)10(3)15-13-6-9(13)2/h4-5,7,9-10,13,15H,6H2,1-3H3. The molecule has 1 nitrogen and oxygen atoms in total. The van der Waals surface area contributed by atoms with Gasteiger partial charge in [-0.05, 0) is 43.4 Å². The van der Waals surface area contributed by atoms with Gasteiger partial charge in [-0.3, -0.25) is 0 Å². The van der Waals surface area contributed by atoms with Gasteiger partial charge in [-0.15, -0.1) is 0 Å². The molecule has 0 saturated heterocycles. The maximum absolute atomic E-state index is 13.3. The van der Waals surface area contributed by atoms with Gasteiger partial charge < -0.3 is 5.32 Å². The topological polar surface area (TPSA) is 12.0 Å². The zero-order valence-electron chi connectivity index (χ0n) is 9.55. The Balaban J connectivity index is 2.04. The van der Waals surface area contributed by atoms with Crippen LogP contribution in [0.25, 0.3) is 0 Å². The second-order valence-electron chi connectivity index (χ2n) is 4.72. The van der Waals surface area contributed by atoms with E-state index < -0.39 is 0 Å². The van der Waals surface area contributed by atoms with Crippen molar-refractivity contribution in [3.05, 3.63) is 35.1 Å². The molecule has 0 bridgehead atoms. The minimum Gasteiger partial charge on any atom is -0.307 e. The molecule has 82 valence electrons. The van der Waals surface area contributed by atoms with Crippen molar-refractivity contribution in [2.24, 2.45) is 5.92 Å². The fourth-order valence-electron chi connectivity index (χ4n) is 1.85. The van der Waals surface area contributed by atoms with E-state index in [0.29, 0.717) is 11.6 Å². The Labute approximate surface area is 90.7 Å². The van der Waals surface area contributed by atoms with Crippen LogP contribution in [0.2, 0.25) is 0 Å². The molecule has 0 radical (unpaired) electrons. The van der Waals surface area contributed by atoms with Gasteiger partial charge in [0.15, 0.2) is 0 Å². The van der Waals surface area contributed by atoms with Crippen LogP contribution >= 0.6 is 0 Å². The average molecular weight is 207 g/mol. The fraction of sp³-hybridized carbons (Fsp3) is 0.538. The van der Waals surface area contributed by atoms with Crippen LogP contribution in [0.15, 0.2) is 18.2 Å². The van der Waals surface area contributed by atoms with Crippen molar-refractivity contribution >= 4 is 0 Å². The van der Waals surface area contributed by atoms with Gasteiger partial charge >= 0.3 is 0 Å². The number of rotatable bonds is 3. The number of hydrogen-bond acceptors (Lipinski definition) is 1. The Kier molecular flexibility index (Phi) is 2.79. The lowest BCUT2D eigenvalue weighted by molar-refractivity contribution is 0.544. The summed E-state index contributed by atoms with van der Waals surface area (Å²) in [5.41, 5.74) is 1.75. The minimum absolute atomic E-state index is 0.106. The van der Waals surface area contributed by atoms with E-state index in [4.69, 9.17) is 0 Å². The largest absolute Gasteiger partial charge is 0.307 e. The van der Waals surface area contributed by atoms with Crippen molar-refractivity contribution in [2.45, 2.75) is 39.3 Å². The van der Waals surface area contributed by atoms with Gasteiger partial charge in [-0.25, -0.2) is 4.39 Å². The Morgan fingerprint density at radius 3 is 2.67 bits per heavy atom. The molecule has 1 aromatic rings. The summed E-state index contributed by atoms with van der Waals surface area (Å²) in [7, 11) is 0. The first-order chi connectivity index (χ1) is 7.08. The molecule has 1 fully saturated rings. The minimum atomic E-state index is -0.106. The molecule has 1 aliphatic carbocycles. The van der Waals surface area contributed by atoms with Crippen molar-refractivity contribution in [1.82, 2.24) is 5.32 Å². The van der Waals surface area contributed by atoms with Crippen LogP contribution in [0.5, 0.6) is 0 Å². The maximum Gasteiger partial charge on any atom is 0.126 e. The average Bonchev–Trinajstić information content (AvgIpc) is 2.86. The van der Waals surface area contributed by atoms with Crippen molar-refractivity contribution in [3.8, 4) is 0 Å². The van der Waals surface area contributed by atoms with Gasteiger partial charge in [0.1, 0.15) is 5.82 Å². The van der Waals surface area contributed by atoms with Gasteiger partial charge in [-0.2, -0.15) is 0 Å². The van der Waals surface area contributed by atoms with Crippen LogP contribution in [0, 0.1) is 18.7 Å². The molecule has 1 N–H and O–H groups in total. The molecule has 1 aromatic carbocycles. The quantitative estimate of drug-likeness (QED) is 0.802. The number of benzene rings is 1. The third kappa shape index (κ3) is 2.37. The lowest BCUT2D eigenvalue weighted by atomic mass is 10.1. The molecule has 1 saturated carbocycles. The number of halogens is 1. The van der Waals surface area contributed by atoms with Crippen LogP contribution in [-0.2, 0) is 0 Å². The molecule has 0 amide bonds. The Morgan fingerprint density at radius 2 is 2.13 bits per heavy atom. The second kappa shape index (κ2) is 3.93. The summed E-state index contributed by atoms with van der Waals surface area (Å²) in [5, 5.41) is 3.50. The molecule has 1 aliphatic rings. The predicted octanol–water partition coefficient (Wildman–Crippen LogP) is 3.19. The van der Waals surface area contributed by atoms with E-state index in [9.17, 15) is 4.39 Å². The van der Waals surface area contributed by atoms with Crippen LogP contribution in [0.4, 0.5) is 4.39 Å². The van der Waals surface area contributed by atoms with E-state index in [1.165, 1.54) is 6.42 Å². The highest BCUT2D eigenvalue weighted by Gasteiger charge is 2.33. The van der Waals surface area contributed by atoms with Crippen LogP contribution in [0.1, 0.15) is 37.4 Å². The SMILES string of the molecule is Cc1ccc(C(C)NC2CC2C)cc1F. The van der Waals surface area contributed by atoms with Crippen LogP contribution < -0.4 is 5.32 Å². The summed E-state index contributed by atoms with van der Waals surface area (Å²) in [6.45, 7) is 6.12. The van der Waals surface area contributed by atoms with Gasteiger partial charge in [0, 0.05) is 12.1 Å². The van der Waals surface area contributed by atoms with Crippen molar-refractivity contribution in [2.75, 3.05) is 0 Å². The van der Waals surface area contributed by atoms with Gasteiger partial charge in [0.05, 0.1) is 0 Å². The Bertz CT molecular complexity index is 362. The maximum atomic E-state index is 13.3. The molecular weight excluding hydrogens is 189 g/mol. The smallest absolute Gasteiger partial charge is 0.126 e. The van der Waals surface area contributed by atoms with E-state index in [1.54, 1.807) is 13.0 Å². The molecule has 2 rings (SSSR count). The summed E-state index contributed by atoms with van der Waals surface area (Å²) in [6.07, 6.45) is 1.25. The summed E-state index contributed by atoms with van der Waals surface area (Å²) in [6, 6.07) is 6.36. The van der Waals surface area contributed by atoms with Crippen molar-refractivity contribution in [1.29, 1.82) is 0 Å². The van der Waals surface area contributed by atoms with Crippen LogP contribution in [-0.4, -0.2) is 6.04 Å². The number of nitrogens with one attached hydrogen (secondary N) is 1. The summed E-state index contributed by atoms with van der Waals surface area (Å²) < 4.78 is 13.3. The molecule has 3 unspecified atom stereocenters. The van der Waals surface area contributed by atoms with E-state index in [0.717, 1.165) is 11.5 Å². The zero-order chi connectivity index (χ0) is 11.0. The van der Waals surface area contributed by atoms with Crippen molar-refractivity contribution < 1.29 is 4.39 Å². The van der Waals surface area contributed by atoms with E-state index in [-0.39, 0.29) is 11.9 Å². The molecule has 0 aromatic heterocycles. The molecular formula is C13H18FN. The van der Waals surface area contributed by atoms with Crippen molar-refractivity contribution in [3.63, 3.8) is 0 Å². The number of aryl methyl sites for hydroxylation is 1. The van der Waals surface area contributed by atoms with Gasteiger partial charge in [0.2, 0.25) is 0 Å². The summed E-state index contributed by atoms with van der Waals surface area (Å²) in [4.78, 5) is 0. The number of hydrogen-bond donors (Lipinski definition) is 1. The molecule has 0 heterocycles. The third-order valence-electron chi connectivity index (χ3n) is 3.27. The van der Waals surface area contributed by atoms with Gasteiger partial charge in [0.25, 0.3) is 0 Å².